The summed E-state index contributed by atoms with van der Waals surface area (Å²) in [5.74, 6) is -0.807. The first kappa shape index (κ1) is 18.0. The average molecular weight is 379 g/mol. The predicted octanol–water partition coefficient (Wildman–Crippen LogP) is 2.45. The average Bonchev–Trinajstić information content (AvgIpc) is 3.35. The van der Waals surface area contributed by atoms with Crippen molar-refractivity contribution in [1.29, 1.82) is 0 Å². The first-order valence-electron chi connectivity index (χ1n) is 9.25. The number of nitrogens with one attached hydrogen (secondary N) is 1. The van der Waals surface area contributed by atoms with Crippen LogP contribution in [0, 0.1) is 6.92 Å². The molecular weight excluding hydrogens is 358 g/mol. The van der Waals surface area contributed by atoms with Gasteiger partial charge in [-0.05, 0) is 55.7 Å². The van der Waals surface area contributed by atoms with E-state index in [-0.39, 0.29) is 18.3 Å². The number of anilines is 2. The van der Waals surface area contributed by atoms with Crippen LogP contribution in [0.5, 0.6) is 0 Å². The fraction of sp³-hybridized carbons (Fsp3) is 0.300. The van der Waals surface area contributed by atoms with Gasteiger partial charge in [0.15, 0.2) is 0 Å². The molecule has 1 fully saturated rings. The number of carbonyl (C=O) groups excluding carboxylic acids is 1. The summed E-state index contributed by atoms with van der Waals surface area (Å²) >= 11 is 0. The summed E-state index contributed by atoms with van der Waals surface area (Å²) in [6.07, 6.45) is 4.01. The van der Waals surface area contributed by atoms with Crippen molar-refractivity contribution in [3.05, 3.63) is 58.7 Å². The molecule has 28 heavy (non-hydrogen) atoms. The van der Waals surface area contributed by atoms with Crippen LogP contribution in [0.1, 0.15) is 18.4 Å². The molecule has 2 aromatic heterocycles. The lowest BCUT2D eigenvalue weighted by atomic mass is 10.1. The van der Waals surface area contributed by atoms with E-state index in [1.807, 2.05) is 19.1 Å². The third-order valence-electron chi connectivity index (χ3n) is 4.84. The summed E-state index contributed by atoms with van der Waals surface area (Å²) in [4.78, 5) is 31.0. The monoisotopic (exact) mass is 379 g/mol. The van der Waals surface area contributed by atoms with Gasteiger partial charge in [-0.25, -0.2) is 9.36 Å². The van der Waals surface area contributed by atoms with E-state index in [4.69, 9.17) is 4.52 Å². The third-order valence-corrected chi connectivity index (χ3v) is 4.84. The van der Waals surface area contributed by atoms with Gasteiger partial charge in [0.1, 0.15) is 12.2 Å². The summed E-state index contributed by atoms with van der Waals surface area (Å²) in [5.41, 5.74) is 3.32. The minimum atomic E-state index is -0.697. The molecule has 1 N–H and O–H groups in total. The van der Waals surface area contributed by atoms with Gasteiger partial charge in [0.2, 0.25) is 11.7 Å². The normalized spacial score (nSPS) is 13.7. The fourth-order valence-electron chi connectivity index (χ4n) is 3.38. The molecule has 1 saturated heterocycles. The molecule has 1 aliphatic heterocycles. The highest BCUT2D eigenvalue weighted by molar-refractivity contribution is 5.91. The van der Waals surface area contributed by atoms with Gasteiger partial charge in [-0.15, -0.1) is 0 Å². The molecule has 0 bridgehead atoms. The topological polar surface area (TPSA) is 93.3 Å². The van der Waals surface area contributed by atoms with E-state index in [0.717, 1.165) is 24.3 Å². The molecule has 0 aliphatic carbocycles. The Kier molecular flexibility index (Phi) is 4.92. The number of amides is 1. The Morgan fingerprint density at radius 1 is 1.21 bits per heavy atom. The minimum absolute atomic E-state index is 0.207. The molecule has 1 aliphatic rings. The van der Waals surface area contributed by atoms with Crippen LogP contribution >= 0.6 is 0 Å². The Hall–Kier alpha value is -3.42. The number of nitrogens with zero attached hydrogens (tertiary/aromatic N) is 4. The minimum Gasteiger partial charge on any atom is -0.372 e. The van der Waals surface area contributed by atoms with Gasteiger partial charge >= 0.3 is 5.76 Å². The second-order valence-electron chi connectivity index (χ2n) is 6.81. The largest absolute Gasteiger partial charge is 0.442 e. The molecule has 3 heterocycles. The van der Waals surface area contributed by atoms with Crippen LogP contribution in [-0.2, 0) is 11.3 Å². The molecule has 0 radical (unpaired) electrons. The van der Waals surface area contributed by atoms with Crippen molar-refractivity contribution in [2.75, 3.05) is 23.3 Å². The third kappa shape index (κ3) is 3.66. The Balaban J connectivity index is 1.50. The molecule has 1 amide bonds. The van der Waals surface area contributed by atoms with Crippen LogP contribution in [0.15, 0.2) is 51.9 Å². The van der Waals surface area contributed by atoms with Crippen molar-refractivity contribution in [2.45, 2.75) is 26.3 Å². The summed E-state index contributed by atoms with van der Waals surface area (Å²) in [6.45, 7) is 3.89. The van der Waals surface area contributed by atoms with Crippen LogP contribution < -0.4 is 16.0 Å². The number of rotatable bonds is 5. The zero-order valence-corrected chi connectivity index (χ0v) is 15.6. The number of benzene rings is 1. The molecule has 8 nitrogen and oxygen atoms in total. The van der Waals surface area contributed by atoms with Gasteiger partial charge in [0.05, 0.1) is 0 Å². The highest BCUT2D eigenvalue weighted by atomic mass is 16.5. The first-order valence-corrected chi connectivity index (χ1v) is 9.25. The fourth-order valence-corrected chi connectivity index (χ4v) is 3.38. The van der Waals surface area contributed by atoms with Crippen LogP contribution in [-0.4, -0.2) is 33.7 Å². The Labute approximate surface area is 161 Å². The van der Waals surface area contributed by atoms with E-state index in [0.29, 0.717) is 5.69 Å². The Bertz CT molecular complexity index is 1040. The lowest BCUT2D eigenvalue weighted by Crippen LogP contribution is -2.26. The van der Waals surface area contributed by atoms with Gasteiger partial charge < -0.3 is 10.2 Å². The molecular formula is C20H21N5O3. The van der Waals surface area contributed by atoms with Gasteiger partial charge in [0, 0.05) is 30.7 Å². The summed E-state index contributed by atoms with van der Waals surface area (Å²) in [6, 6.07) is 11.2. The molecule has 8 heteroatoms. The smallest absolute Gasteiger partial charge is 0.372 e. The van der Waals surface area contributed by atoms with Crippen LogP contribution in [0.25, 0.3) is 11.5 Å². The van der Waals surface area contributed by atoms with Crippen LogP contribution in [0.2, 0.25) is 0 Å². The highest BCUT2D eigenvalue weighted by Gasteiger charge is 2.18. The number of hydrogen-bond acceptors (Lipinski definition) is 6. The van der Waals surface area contributed by atoms with Crippen molar-refractivity contribution in [3.63, 3.8) is 0 Å². The van der Waals surface area contributed by atoms with Gasteiger partial charge in [-0.1, -0.05) is 11.2 Å². The lowest BCUT2D eigenvalue weighted by Gasteiger charge is -2.19. The number of hydrogen-bond donors (Lipinski definition) is 1. The number of aryl methyl sites for hydroxylation is 1. The van der Waals surface area contributed by atoms with Gasteiger partial charge in [0.25, 0.3) is 0 Å². The van der Waals surface area contributed by atoms with E-state index in [1.165, 1.54) is 23.1 Å². The molecule has 0 unspecified atom stereocenters. The Morgan fingerprint density at radius 2 is 2.04 bits per heavy atom. The summed E-state index contributed by atoms with van der Waals surface area (Å²) in [7, 11) is 0. The molecule has 144 valence electrons. The van der Waals surface area contributed by atoms with Crippen molar-refractivity contribution in [2.24, 2.45) is 0 Å². The highest BCUT2D eigenvalue weighted by Crippen LogP contribution is 2.25. The van der Waals surface area contributed by atoms with E-state index in [1.54, 1.807) is 24.4 Å². The maximum absolute atomic E-state index is 12.5. The zero-order chi connectivity index (χ0) is 19.5. The van der Waals surface area contributed by atoms with E-state index in [2.05, 4.69) is 26.4 Å². The predicted molar refractivity (Wildman–Crippen MR) is 105 cm³/mol. The molecule has 0 spiro atoms. The molecule has 0 saturated carbocycles. The van der Waals surface area contributed by atoms with Gasteiger partial charge in [-0.2, -0.15) is 0 Å². The SMILES string of the molecule is Cc1cc(N2CCCC2)ccc1NC(=O)Cn1c(-c2ccccn2)noc1=O. The molecule has 4 rings (SSSR count). The number of aromatic nitrogens is 3. The van der Waals surface area contributed by atoms with Crippen molar-refractivity contribution < 1.29 is 9.32 Å². The zero-order valence-electron chi connectivity index (χ0n) is 15.6. The van der Waals surface area contributed by atoms with Crippen molar-refractivity contribution in [3.8, 4) is 11.5 Å². The van der Waals surface area contributed by atoms with Crippen molar-refractivity contribution >= 4 is 17.3 Å². The first-order chi connectivity index (χ1) is 13.6. The second-order valence-corrected chi connectivity index (χ2v) is 6.81. The molecule has 3 aromatic rings. The maximum Gasteiger partial charge on any atom is 0.442 e. The quantitative estimate of drug-likeness (QED) is 0.732. The van der Waals surface area contributed by atoms with E-state index >= 15 is 0 Å². The van der Waals surface area contributed by atoms with Crippen molar-refractivity contribution in [1.82, 2.24) is 14.7 Å². The second kappa shape index (κ2) is 7.67. The number of carbonyl (C=O) groups is 1. The maximum atomic E-state index is 12.5. The standard InChI is InChI=1S/C20H21N5O3/c1-14-12-15(24-10-4-5-11-24)7-8-16(14)22-18(26)13-25-19(23-28-20(25)27)17-6-2-3-9-21-17/h2-3,6-9,12H,4-5,10-11,13H2,1H3,(H,22,26). The van der Waals surface area contributed by atoms with E-state index in [9.17, 15) is 9.59 Å². The summed E-state index contributed by atoms with van der Waals surface area (Å²) < 4.78 is 5.90. The van der Waals surface area contributed by atoms with Crippen LogP contribution in [0.3, 0.4) is 0 Å². The van der Waals surface area contributed by atoms with Crippen LogP contribution in [0.4, 0.5) is 11.4 Å². The molecule has 1 aromatic carbocycles. The van der Waals surface area contributed by atoms with E-state index < -0.39 is 5.76 Å². The Morgan fingerprint density at radius 3 is 2.75 bits per heavy atom. The number of pyridine rings is 1. The molecule has 0 atom stereocenters. The lowest BCUT2D eigenvalue weighted by molar-refractivity contribution is -0.116. The van der Waals surface area contributed by atoms with Gasteiger partial charge in [-0.3, -0.25) is 14.3 Å². The summed E-state index contributed by atoms with van der Waals surface area (Å²) in [5, 5.41) is 6.61.